The summed E-state index contributed by atoms with van der Waals surface area (Å²) in [5.41, 5.74) is 4.58. The molecule has 7 nitrogen and oxygen atoms in total. The fourth-order valence-electron chi connectivity index (χ4n) is 4.31. The van der Waals surface area contributed by atoms with E-state index in [0.717, 1.165) is 39.6 Å². The summed E-state index contributed by atoms with van der Waals surface area (Å²) in [6, 6.07) is 1.09. The van der Waals surface area contributed by atoms with E-state index in [2.05, 4.69) is 61.2 Å². The Hall–Kier alpha value is -1.68. The molecule has 2 aromatic rings. The van der Waals surface area contributed by atoms with Crippen LogP contribution in [0, 0.1) is 13.8 Å². The SMILES string of the molecule is Cc1c(-c2c(C(C)C)c(B3OC(C)(C)C(C)(C)O3)nn2COCC[Si](C)(C)C)cn(C)c(=O)c1C. The minimum Gasteiger partial charge on any atom is -0.398 e. The van der Waals surface area contributed by atoms with Crippen LogP contribution in [0.25, 0.3) is 11.3 Å². The largest absolute Gasteiger partial charge is 0.516 e. The van der Waals surface area contributed by atoms with Gasteiger partial charge in [0.15, 0.2) is 0 Å². The van der Waals surface area contributed by atoms with Crippen LogP contribution in [0.1, 0.15) is 64.2 Å². The van der Waals surface area contributed by atoms with E-state index in [1.807, 2.05) is 24.7 Å². The number of hydrogen-bond acceptors (Lipinski definition) is 5. The Bertz CT molecular complexity index is 1130. The van der Waals surface area contributed by atoms with Gasteiger partial charge in [-0.1, -0.05) is 33.5 Å². The van der Waals surface area contributed by atoms with Crippen LogP contribution in [0.2, 0.25) is 25.7 Å². The molecule has 0 bridgehead atoms. The molecule has 0 unspecified atom stereocenters. The molecule has 9 heteroatoms. The molecule has 0 aromatic carbocycles. The van der Waals surface area contributed by atoms with E-state index in [9.17, 15) is 4.79 Å². The van der Waals surface area contributed by atoms with E-state index < -0.39 is 26.4 Å². The third kappa shape index (κ3) is 5.53. The maximum absolute atomic E-state index is 12.6. The molecule has 0 amide bonds. The molecule has 194 valence electrons. The summed E-state index contributed by atoms with van der Waals surface area (Å²) in [7, 11) is 0.0109. The van der Waals surface area contributed by atoms with Crippen molar-refractivity contribution < 1.29 is 14.0 Å². The molecule has 0 radical (unpaired) electrons. The fourth-order valence-corrected chi connectivity index (χ4v) is 5.07. The first-order chi connectivity index (χ1) is 16.0. The highest BCUT2D eigenvalue weighted by Crippen LogP contribution is 2.38. The summed E-state index contributed by atoms with van der Waals surface area (Å²) in [6.45, 7) is 24.5. The summed E-state index contributed by atoms with van der Waals surface area (Å²) in [5.74, 6) is 0.159. The molecule has 1 aliphatic heterocycles. The number of ether oxygens (including phenoxy) is 1. The van der Waals surface area contributed by atoms with Gasteiger partial charge >= 0.3 is 7.12 Å². The van der Waals surface area contributed by atoms with E-state index in [0.29, 0.717) is 13.3 Å². The second-order valence-electron chi connectivity index (χ2n) is 12.4. The van der Waals surface area contributed by atoms with Crippen molar-refractivity contribution in [3.63, 3.8) is 0 Å². The molecule has 1 saturated heterocycles. The molecule has 3 rings (SSSR count). The lowest BCUT2D eigenvalue weighted by Gasteiger charge is -2.32. The molecule has 0 saturated carbocycles. The highest BCUT2D eigenvalue weighted by Gasteiger charge is 2.54. The van der Waals surface area contributed by atoms with E-state index in [-0.39, 0.29) is 11.5 Å². The number of hydrogen-bond donors (Lipinski definition) is 0. The lowest BCUT2D eigenvalue weighted by Crippen LogP contribution is -2.41. The molecule has 1 fully saturated rings. The van der Waals surface area contributed by atoms with Gasteiger partial charge in [0.2, 0.25) is 0 Å². The normalized spacial score (nSPS) is 17.6. The lowest BCUT2D eigenvalue weighted by atomic mass is 9.77. The van der Waals surface area contributed by atoms with E-state index in [4.69, 9.17) is 19.1 Å². The van der Waals surface area contributed by atoms with Crippen molar-refractivity contribution in [2.45, 2.75) is 105 Å². The maximum Gasteiger partial charge on any atom is 0.516 e. The summed E-state index contributed by atoms with van der Waals surface area (Å²) in [5, 5.41) is 5.04. The van der Waals surface area contributed by atoms with Crippen LogP contribution in [0.4, 0.5) is 0 Å². The first-order valence-electron chi connectivity index (χ1n) is 12.7. The standard InChI is InChI=1S/C26H44BN3O4Si/c1-17(2)21-22(20-15-29(9)24(31)19(4)18(20)3)30(16-32-13-14-35(10,11)12)28-23(21)27-33-25(5,6)26(7,8)34-27/h15,17H,13-14,16H2,1-12H3. The minimum absolute atomic E-state index is 0.0148. The Kier molecular flexibility index (Phi) is 7.69. The average Bonchev–Trinajstić information content (AvgIpc) is 3.20. The lowest BCUT2D eigenvalue weighted by molar-refractivity contribution is 0.00578. The number of rotatable bonds is 8. The molecule has 0 N–H and O–H groups in total. The third-order valence-electron chi connectivity index (χ3n) is 7.47. The monoisotopic (exact) mass is 501 g/mol. The summed E-state index contributed by atoms with van der Waals surface area (Å²) < 4.78 is 22.6. The Morgan fingerprint density at radius 3 is 2.17 bits per heavy atom. The van der Waals surface area contributed by atoms with Gasteiger partial charge in [0.05, 0.1) is 22.5 Å². The number of nitrogens with zero attached hydrogens (tertiary/aromatic N) is 3. The second kappa shape index (κ2) is 9.65. The Morgan fingerprint density at radius 1 is 1.09 bits per heavy atom. The molecule has 0 atom stereocenters. The highest BCUT2D eigenvalue weighted by molar-refractivity contribution is 6.76. The van der Waals surface area contributed by atoms with Gasteiger partial charge < -0.3 is 18.6 Å². The topological polar surface area (TPSA) is 67.5 Å². The molecular formula is C26H44BN3O4Si. The summed E-state index contributed by atoms with van der Waals surface area (Å²) >= 11 is 0. The second-order valence-corrected chi connectivity index (χ2v) is 18.1. The van der Waals surface area contributed by atoms with Crippen molar-refractivity contribution in [3.8, 4) is 11.3 Å². The number of pyridine rings is 1. The molecule has 0 aliphatic carbocycles. The zero-order valence-corrected chi connectivity index (χ0v) is 24.8. The van der Waals surface area contributed by atoms with E-state index >= 15 is 0 Å². The van der Waals surface area contributed by atoms with Gasteiger partial charge in [0, 0.05) is 44.6 Å². The molecule has 2 aromatic heterocycles. The van der Waals surface area contributed by atoms with Gasteiger partial charge in [-0.2, -0.15) is 5.10 Å². The van der Waals surface area contributed by atoms with Crippen molar-refractivity contribution in [3.05, 3.63) is 33.2 Å². The Labute approximate surface area is 212 Å². The van der Waals surface area contributed by atoms with E-state index in [1.54, 1.807) is 11.6 Å². The van der Waals surface area contributed by atoms with Crippen molar-refractivity contribution in [1.82, 2.24) is 14.3 Å². The van der Waals surface area contributed by atoms with Crippen molar-refractivity contribution in [2.75, 3.05) is 6.61 Å². The summed E-state index contributed by atoms with van der Waals surface area (Å²) in [6.07, 6.45) is 1.92. The van der Waals surface area contributed by atoms with Crippen molar-refractivity contribution in [2.24, 2.45) is 7.05 Å². The van der Waals surface area contributed by atoms with Crippen LogP contribution in [0.5, 0.6) is 0 Å². The van der Waals surface area contributed by atoms with Crippen LogP contribution in [0.15, 0.2) is 11.0 Å². The van der Waals surface area contributed by atoms with Crippen LogP contribution in [-0.2, 0) is 27.8 Å². The van der Waals surface area contributed by atoms with Gasteiger partial charge in [0.25, 0.3) is 5.56 Å². The Balaban J connectivity index is 2.17. The van der Waals surface area contributed by atoms with Crippen LogP contribution < -0.4 is 11.2 Å². The maximum atomic E-state index is 12.6. The average molecular weight is 502 g/mol. The fraction of sp³-hybridized carbons (Fsp3) is 0.692. The molecule has 35 heavy (non-hydrogen) atoms. The Morgan fingerprint density at radius 2 is 1.66 bits per heavy atom. The zero-order chi connectivity index (χ0) is 26.5. The highest BCUT2D eigenvalue weighted by atomic mass is 28.3. The predicted octanol–water partition coefficient (Wildman–Crippen LogP) is 4.60. The minimum atomic E-state index is -1.21. The van der Waals surface area contributed by atoms with Crippen molar-refractivity contribution in [1.29, 1.82) is 0 Å². The van der Waals surface area contributed by atoms with Crippen molar-refractivity contribution >= 4 is 20.8 Å². The first kappa shape index (κ1) is 27.9. The quantitative estimate of drug-likeness (QED) is 0.391. The van der Waals surface area contributed by atoms with Gasteiger partial charge in [0.1, 0.15) is 6.73 Å². The number of aromatic nitrogens is 3. The summed E-state index contributed by atoms with van der Waals surface area (Å²) in [4.78, 5) is 12.6. The molecular weight excluding hydrogens is 457 g/mol. The van der Waals surface area contributed by atoms with Gasteiger partial charge in [-0.25, -0.2) is 4.68 Å². The first-order valence-corrected chi connectivity index (χ1v) is 16.4. The van der Waals surface area contributed by atoms with Crippen LogP contribution in [0.3, 0.4) is 0 Å². The smallest absolute Gasteiger partial charge is 0.398 e. The third-order valence-corrected chi connectivity index (χ3v) is 9.17. The molecule has 0 spiro atoms. The molecule has 1 aliphatic rings. The zero-order valence-electron chi connectivity index (χ0n) is 23.8. The van der Waals surface area contributed by atoms with Crippen LogP contribution in [-0.4, -0.2) is 47.3 Å². The van der Waals surface area contributed by atoms with Gasteiger partial charge in [-0.3, -0.25) is 4.79 Å². The molecule has 3 heterocycles. The van der Waals surface area contributed by atoms with Gasteiger partial charge in [-0.15, -0.1) is 0 Å². The van der Waals surface area contributed by atoms with E-state index in [1.165, 1.54) is 0 Å². The number of aryl methyl sites for hydroxylation is 1. The van der Waals surface area contributed by atoms with Gasteiger partial charge in [-0.05, 0) is 59.1 Å². The van der Waals surface area contributed by atoms with Crippen LogP contribution >= 0.6 is 0 Å². The predicted molar refractivity (Wildman–Crippen MR) is 146 cm³/mol.